The second-order valence-electron chi connectivity index (χ2n) is 5.22. The molecule has 1 aromatic heterocycles. The number of furan rings is 1. The lowest BCUT2D eigenvalue weighted by Gasteiger charge is -2.19. The lowest BCUT2D eigenvalue weighted by molar-refractivity contribution is -0.131. The van der Waals surface area contributed by atoms with Crippen molar-refractivity contribution in [1.82, 2.24) is 10.2 Å². The van der Waals surface area contributed by atoms with Crippen molar-refractivity contribution in [3.63, 3.8) is 0 Å². The van der Waals surface area contributed by atoms with Crippen molar-refractivity contribution in [2.45, 2.75) is 32.1 Å². The predicted molar refractivity (Wildman–Crippen MR) is 68.7 cm³/mol. The van der Waals surface area contributed by atoms with Crippen LogP contribution in [-0.2, 0) is 16.1 Å². The van der Waals surface area contributed by atoms with Crippen molar-refractivity contribution in [1.29, 1.82) is 0 Å². The van der Waals surface area contributed by atoms with Gasteiger partial charge in [-0.05, 0) is 26.0 Å². The van der Waals surface area contributed by atoms with Gasteiger partial charge in [0.25, 0.3) is 5.91 Å². The van der Waals surface area contributed by atoms with E-state index < -0.39 is 17.7 Å². The molecule has 1 aromatic rings. The molecular weight excluding hydrogens is 264 g/mol. The molecule has 1 unspecified atom stereocenters. The van der Waals surface area contributed by atoms with Crippen LogP contribution in [0, 0.1) is 0 Å². The third-order valence-corrected chi connectivity index (χ3v) is 2.97. The number of imide groups is 1. The molecule has 2 N–H and O–H groups in total. The number of nitrogens with zero attached hydrogens (tertiary/aromatic N) is 1. The number of aliphatic hydroxyl groups excluding tert-OH is 1. The molecule has 1 saturated heterocycles. The van der Waals surface area contributed by atoms with E-state index in [9.17, 15) is 14.7 Å². The Bertz CT molecular complexity index is 483. The SMILES string of the molecule is CC1(C)NC(=O)N(CC(O)COCc2ccco2)C1=O. The Hall–Kier alpha value is -1.86. The molecule has 0 spiro atoms. The Morgan fingerprint density at radius 3 is 2.80 bits per heavy atom. The maximum atomic E-state index is 11.9. The molecule has 0 aromatic carbocycles. The highest BCUT2D eigenvalue weighted by Gasteiger charge is 2.44. The summed E-state index contributed by atoms with van der Waals surface area (Å²) in [5, 5.41) is 12.4. The third kappa shape index (κ3) is 3.17. The molecule has 1 aliphatic rings. The van der Waals surface area contributed by atoms with Crippen molar-refractivity contribution in [3.05, 3.63) is 24.2 Å². The summed E-state index contributed by atoms with van der Waals surface area (Å²) >= 11 is 0. The quantitative estimate of drug-likeness (QED) is 0.741. The van der Waals surface area contributed by atoms with Gasteiger partial charge in [-0.25, -0.2) is 4.79 Å². The first-order valence-electron chi connectivity index (χ1n) is 6.32. The minimum absolute atomic E-state index is 0.0121. The van der Waals surface area contributed by atoms with Crippen LogP contribution in [0.1, 0.15) is 19.6 Å². The summed E-state index contributed by atoms with van der Waals surface area (Å²) in [6.45, 7) is 3.39. The Balaban J connectivity index is 1.78. The van der Waals surface area contributed by atoms with Crippen LogP contribution in [0.5, 0.6) is 0 Å². The van der Waals surface area contributed by atoms with E-state index in [1.807, 2.05) is 0 Å². The van der Waals surface area contributed by atoms with Crippen LogP contribution < -0.4 is 5.32 Å². The van der Waals surface area contributed by atoms with Crippen molar-refractivity contribution in [2.24, 2.45) is 0 Å². The zero-order valence-electron chi connectivity index (χ0n) is 11.5. The molecule has 20 heavy (non-hydrogen) atoms. The largest absolute Gasteiger partial charge is 0.467 e. The number of hydrogen-bond acceptors (Lipinski definition) is 5. The molecule has 0 aliphatic carbocycles. The summed E-state index contributed by atoms with van der Waals surface area (Å²) in [6.07, 6.45) is 0.596. The van der Waals surface area contributed by atoms with Crippen LogP contribution in [0.25, 0.3) is 0 Å². The van der Waals surface area contributed by atoms with Crippen LogP contribution >= 0.6 is 0 Å². The first-order valence-corrected chi connectivity index (χ1v) is 6.32. The molecule has 2 rings (SSSR count). The molecule has 0 radical (unpaired) electrons. The van der Waals surface area contributed by atoms with E-state index in [1.54, 1.807) is 26.0 Å². The second-order valence-corrected chi connectivity index (χ2v) is 5.22. The number of rotatable bonds is 6. The molecule has 110 valence electrons. The van der Waals surface area contributed by atoms with Gasteiger partial charge in [-0.3, -0.25) is 9.69 Å². The Kier molecular flexibility index (Phi) is 4.10. The van der Waals surface area contributed by atoms with Gasteiger partial charge in [0.1, 0.15) is 17.9 Å². The third-order valence-electron chi connectivity index (χ3n) is 2.97. The Morgan fingerprint density at radius 1 is 1.50 bits per heavy atom. The van der Waals surface area contributed by atoms with Gasteiger partial charge in [0.15, 0.2) is 0 Å². The molecule has 7 heteroatoms. The minimum Gasteiger partial charge on any atom is -0.467 e. The Morgan fingerprint density at radius 2 is 2.25 bits per heavy atom. The maximum Gasteiger partial charge on any atom is 0.325 e. The molecule has 0 bridgehead atoms. The topological polar surface area (TPSA) is 92.0 Å². The van der Waals surface area contributed by atoms with E-state index in [2.05, 4.69) is 5.32 Å². The van der Waals surface area contributed by atoms with E-state index in [4.69, 9.17) is 9.15 Å². The fourth-order valence-electron chi connectivity index (χ4n) is 1.94. The highest BCUT2D eigenvalue weighted by molar-refractivity contribution is 6.06. The van der Waals surface area contributed by atoms with Gasteiger partial charge in [0.2, 0.25) is 0 Å². The number of carbonyl (C=O) groups is 2. The van der Waals surface area contributed by atoms with Crippen molar-refractivity contribution in [3.8, 4) is 0 Å². The lowest BCUT2D eigenvalue weighted by Crippen LogP contribution is -2.42. The zero-order chi connectivity index (χ0) is 14.8. The number of aliphatic hydroxyl groups is 1. The summed E-state index contributed by atoms with van der Waals surface area (Å²) in [5.41, 5.74) is -0.925. The monoisotopic (exact) mass is 282 g/mol. The number of ether oxygens (including phenoxy) is 1. The van der Waals surface area contributed by atoms with E-state index in [1.165, 1.54) is 6.26 Å². The van der Waals surface area contributed by atoms with Gasteiger partial charge in [-0.15, -0.1) is 0 Å². The van der Waals surface area contributed by atoms with Crippen LogP contribution in [0.15, 0.2) is 22.8 Å². The highest BCUT2D eigenvalue weighted by Crippen LogP contribution is 2.16. The molecule has 1 aliphatic heterocycles. The average molecular weight is 282 g/mol. The first-order chi connectivity index (χ1) is 9.40. The van der Waals surface area contributed by atoms with Gasteiger partial charge in [-0.2, -0.15) is 0 Å². The van der Waals surface area contributed by atoms with Crippen LogP contribution in [0.3, 0.4) is 0 Å². The van der Waals surface area contributed by atoms with Gasteiger partial charge in [0.05, 0.1) is 25.5 Å². The normalized spacial score (nSPS) is 19.2. The molecular formula is C13H18N2O5. The van der Waals surface area contributed by atoms with Gasteiger partial charge < -0.3 is 19.6 Å². The van der Waals surface area contributed by atoms with Gasteiger partial charge >= 0.3 is 6.03 Å². The highest BCUT2D eigenvalue weighted by atomic mass is 16.5. The Labute approximate surface area is 116 Å². The molecule has 7 nitrogen and oxygen atoms in total. The van der Waals surface area contributed by atoms with Crippen LogP contribution in [0.4, 0.5) is 4.79 Å². The zero-order valence-corrected chi connectivity index (χ0v) is 11.5. The average Bonchev–Trinajstić information content (AvgIpc) is 2.93. The maximum absolute atomic E-state index is 11.9. The molecule has 3 amide bonds. The lowest BCUT2D eigenvalue weighted by atomic mass is 10.1. The smallest absolute Gasteiger partial charge is 0.325 e. The first kappa shape index (κ1) is 14.5. The fourth-order valence-corrected chi connectivity index (χ4v) is 1.94. The van der Waals surface area contributed by atoms with E-state index in [0.29, 0.717) is 5.76 Å². The fraction of sp³-hybridized carbons (Fsp3) is 0.538. The van der Waals surface area contributed by atoms with E-state index in [0.717, 1.165) is 4.90 Å². The number of nitrogens with one attached hydrogen (secondary N) is 1. The number of carbonyl (C=O) groups excluding carboxylic acids is 2. The molecule has 0 saturated carbocycles. The molecule has 1 fully saturated rings. The standard InChI is InChI=1S/C13H18N2O5/c1-13(2)11(17)15(12(18)14-13)6-9(16)7-19-8-10-4-3-5-20-10/h3-5,9,16H,6-8H2,1-2H3,(H,14,18). The van der Waals surface area contributed by atoms with Crippen LogP contribution in [-0.4, -0.2) is 46.7 Å². The summed E-state index contributed by atoms with van der Waals surface area (Å²) < 4.78 is 10.3. The van der Waals surface area contributed by atoms with Crippen molar-refractivity contribution in [2.75, 3.05) is 13.2 Å². The number of β-amino-alcohol motifs (C(OH)–C–C–N with tert-alkyl or cyclic N) is 1. The number of amides is 3. The minimum atomic E-state index is -0.937. The van der Waals surface area contributed by atoms with Crippen LogP contribution in [0.2, 0.25) is 0 Å². The predicted octanol–water partition coefficient (Wildman–Crippen LogP) is 0.487. The number of urea groups is 1. The van der Waals surface area contributed by atoms with E-state index >= 15 is 0 Å². The number of hydrogen-bond donors (Lipinski definition) is 2. The summed E-state index contributed by atoms with van der Waals surface area (Å²) in [6, 6.07) is 3.00. The summed E-state index contributed by atoms with van der Waals surface area (Å²) in [5.74, 6) is 0.293. The summed E-state index contributed by atoms with van der Waals surface area (Å²) in [4.78, 5) is 24.5. The van der Waals surface area contributed by atoms with Crippen molar-refractivity contribution < 1.29 is 23.8 Å². The second kappa shape index (κ2) is 5.64. The summed E-state index contributed by atoms with van der Waals surface area (Å²) in [7, 11) is 0. The van der Waals surface area contributed by atoms with E-state index in [-0.39, 0.29) is 25.7 Å². The van der Waals surface area contributed by atoms with Crippen molar-refractivity contribution >= 4 is 11.9 Å². The van der Waals surface area contributed by atoms with Gasteiger partial charge in [0, 0.05) is 0 Å². The van der Waals surface area contributed by atoms with Gasteiger partial charge in [-0.1, -0.05) is 0 Å². The molecule has 2 heterocycles. The molecule has 1 atom stereocenters.